The zero-order chi connectivity index (χ0) is 13.1. The molecule has 1 aromatic heterocycles. The van der Waals surface area contributed by atoms with Gasteiger partial charge in [-0.1, -0.05) is 17.0 Å². The second-order valence-electron chi connectivity index (χ2n) is 4.70. The van der Waals surface area contributed by atoms with Crippen LogP contribution < -0.4 is 4.90 Å². The zero-order valence-electron chi connectivity index (χ0n) is 10.9. The third-order valence-corrected chi connectivity index (χ3v) is 4.24. The number of piperazine rings is 1. The van der Waals surface area contributed by atoms with Crippen LogP contribution in [0.2, 0.25) is 0 Å². The number of aromatic nitrogens is 3. The van der Waals surface area contributed by atoms with Crippen LogP contribution in [0.4, 0.5) is 5.69 Å². The molecular weight excluding hydrogens is 258 g/mol. The first kappa shape index (κ1) is 12.5. The molecule has 3 rings (SSSR count). The Bertz CT molecular complexity index is 502. The Hall–Kier alpha value is -1.53. The van der Waals surface area contributed by atoms with Crippen molar-refractivity contribution in [2.75, 3.05) is 38.1 Å². The highest BCUT2D eigenvalue weighted by Crippen LogP contribution is 2.27. The van der Waals surface area contributed by atoms with Gasteiger partial charge in [-0.2, -0.15) is 0 Å². The molecule has 2 aromatic rings. The summed E-state index contributed by atoms with van der Waals surface area (Å²) in [4.78, 5) is 5.99. The molecule has 1 aliphatic rings. The lowest BCUT2D eigenvalue weighted by atomic mass is 10.2. The number of H-pyrrole nitrogens is 1. The van der Waals surface area contributed by atoms with Crippen molar-refractivity contribution in [3.05, 3.63) is 30.5 Å². The van der Waals surface area contributed by atoms with E-state index in [0.717, 1.165) is 31.2 Å². The zero-order valence-corrected chi connectivity index (χ0v) is 11.7. The molecule has 6 heteroatoms. The molecule has 100 valence electrons. The highest BCUT2D eigenvalue weighted by atomic mass is 32.2. The number of aromatic amines is 1. The molecule has 0 aliphatic carbocycles. The number of hydrogen-bond acceptors (Lipinski definition) is 5. The quantitative estimate of drug-likeness (QED) is 0.924. The van der Waals surface area contributed by atoms with E-state index in [0.29, 0.717) is 0 Å². The van der Waals surface area contributed by atoms with Crippen molar-refractivity contribution in [2.45, 2.75) is 9.92 Å². The van der Waals surface area contributed by atoms with Gasteiger partial charge < -0.3 is 9.80 Å². The second kappa shape index (κ2) is 5.63. The minimum Gasteiger partial charge on any atom is -0.369 e. The van der Waals surface area contributed by atoms with Gasteiger partial charge in [0.25, 0.3) is 0 Å². The van der Waals surface area contributed by atoms with Crippen molar-refractivity contribution in [3.8, 4) is 0 Å². The number of rotatable bonds is 3. The summed E-state index contributed by atoms with van der Waals surface area (Å²) < 4.78 is 0. The van der Waals surface area contributed by atoms with E-state index in [1.54, 1.807) is 18.0 Å². The molecule has 0 atom stereocenters. The van der Waals surface area contributed by atoms with Crippen molar-refractivity contribution in [2.24, 2.45) is 0 Å². The van der Waals surface area contributed by atoms with E-state index in [9.17, 15) is 0 Å². The molecule has 5 nitrogen and oxygen atoms in total. The first-order chi connectivity index (χ1) is 9.31. The van der Waals surface area contributed by atoms with Gasteiger partial charge in [0.15, 0.2) is 0 Å². The molecule has 1 aliphatic heterocycles. The van der Waals surface area contributed by atoms with Gasteiger partial charge >= 0.3 is 0 Å². The predicted octanol–water partition coefficient (Wildman–Crippen LogP) is 1.71. The van der Waals surface area contributed by atoms with E-state index in [1.807, 2.05) is 0 Å². The van der Waals surface area contributed by atoms with Gasteiger partial charge in [0.2, 0.25) is 0 Å². The number of benzene rings is 1. The number of nitrogens with zero attached hydrogens (tertiary/aromatic N) is 4. The Morgan fingerprint density at radius 2 is 1.84 bits per heavy atom. The summed E-state index contributed by atoms with van der Waals surface area (Å²) in [6, 6.07) is 8.67. The van der Waals surface area contributed by atoms with E-state index in [-0.39, 0.29) is 0 Å². The molecule has 0 bridgehead atoms. The topological polar surface area (TPSA) is 48.0 Å². The van der Waals surface area contributed by atoms with E-state index >= 15 is 0 Å². The van der Waals surface area contributed by atoms with Crippen molar-refractivity contribution >= 4 is 17.4 Å². The molecule has 19 heavy (non-hydrogen) atoms. The maximum absolute atomic E-state index is 3.97. The fraction of sp³-hybridized carbons (Fsp3) is 0.385. The van der Waals surface area contributed by atoms with Crippen LogP contribution in [0.5, 0.6) is 0 Å². The van der Waals surface area contributed by atoms with Crippen LogP contribution in [0.1, 0.15) is 0 Å². The molecule has 1 N–H and O–H groups in total. The normalized spacial score (nSPS) is 16.8. The summed E-state index contributed by atoms with van der Waals surface area (Å²) in [7, 11) is 2.18. The smallest absolute Gasteiger partial charge is 0.143 e. The van der Waals surface area contributed by atoms with Crippen LogP contribution in [-0.4, -0.2) is 53.5 Å². The summed E-state index contributed by atoms with van der Waals surface area (Å²) >= 11 is 1.62. The van der Waals surface area contributed by atoms with Gasteiger partial charge in [-0.3, -0.25) is 5.10 Å². The minimum absolute atomic E-state index is 0.896. The summed E-state index contributed by atoms with van der Waals surface area (Å²) in [6.45, 7) is 4.48. The molecule has 1 aromatic carbocycles. The molecule has 0 radical (unpaired) electrons. The van der Waals surface area contributed by atoms with Crippen LogP contribution >= 0.6 is 11.8 Å². The molecule has 0 unspecified atom stereocenters. The lowest BCUT2D eigenvalue weighted by Crippen LogP contribution is -2.44. The van der Waals surface area contributed by atoms with Crippen molar-refractivity contribution in [3.63, 3.8) is 0 Å². The maximum atomic E-state index is 3.97. The van der Waals surface area contributed by atoms with Crippen LogP contribution in [0.25, 0.3) is 0 Å². The molecule has 1 saturated heterocycles. The van der Waals surface area contributed by atoms with Gasteiger partial charge in [-0.25, -0.2) is 0 Å². The summed E-state index contributed by atoms with van der Waals surface area (Å²) in [5, 5.41) is 11.3. The highest BCUT2D eigenvalue weighted by Gasteiger charge is 2.14. The Balaban J connectivity index is 1.65. The SMILES string of the molecule is CN1CCN(c2ccc(Sc3c[nH]nn3)cc2)CC1. The lowest BCUT2D eigenvalue weighted by Gasteiger charge is -2.34. The summed E-state index contributed by atoms with van der Waals surface area (Å²) in [5.41, 5.74) is 1.30. The monoisotopic (exact) mass is 275 g/mol. The van der Waals surface area contributed by atoms with Gasteiger partial charge in [0, 0.05) is 36.8 Å². The fourth-order valence-corrected chi connectivity index (χ4v) is 2.86. The number of likely N-dealkylation sites (N-methyl/N-ethyl adjacent to an activating group) is 1. The number of hydrogen-bond donors (Lipinski definition) is 1. The van der Waals surface area contributed by atoms with E-state index < -0.39 is 0 Å². The summed E-state index contributed by atoms with van der Waals surface area (Å²) in [5.74, 6) is 0. The largest absolute Gasteiger partial charge is 0.369 e. The first-order valence-corrected chi connectivity index (χ1v) is 7.21. The third-order valence-electron chi connectivity index (χ3n) is 3.32. The van der Waals surface area contributed by atoms with Gasteiger partial charge in [-0.15, -0.1) is 5.10 Å². The maximum Gasteiger partial charge on any atom is 0.143 e. The van der Waals surface area contributed by atoms with Crippen molar-refractivity contribution < 1.29 is 0 Å². The van der Waals surface area contributed by atoms with Crippen LogP contribution in [-0.2, 0) is 0 Å². The predicted molar refractivity (Wildman–Crippen MR) is 76.7 cm³/mol. The van der Waals surface area contributed by atoms with Crippen molar-refractivity contribution in [1.29, 1.82) is 0 Å². The Kier molecular flexibility index (Phi) is 3.70. The van der Waals surface area contributed by atoms with Crippen LogP contribution in [0.3, 0.4) is 0 Å². The Morgan fingerprint density at radius 3 is 2.47 bits per heavy atom. The molecular formula is C13H17N5S. The average molecular weight is 275 g/mol. The number of anilines is 1. The molecule has 0 saturated carbocycles. The van der Waals surface area contributed by atoms with Crippen molar-refractivity contribution in [1.82, 2.24) is 20.3 Å². The molecule has 1 fully saturated rings. The van der Waals surface area contributed by atoms with Gasteiger partial charge in [-0.05, 0) is 31.3 Å². The van der Waals surface area contributed by atoms with E-state index in [4.69, 9.17) is 0 Å². The minimum atomic E-state index is 0.896. The van der Waals surface area contributed by atoms with Gasteiger partial charge in [0.1, 0.15) is 5.03 Å². The first-order valence-electron chi connectivity index (χ1n) is 6.39. The molecule has 2 heterocycles. The van der Waals surface area contributed by atoms with Crippen LogP contribution in [0, 0.1) is 0 Å². The van der Waals surface area contributed by atoms with Crippen LogP contribution in [0.15, 0.2) is 40.4 Å². The Morgan fingerprint density at radius 1 is 1.11 bits per heavy atom. The molecule has 0 spiro atoms. The molecule has 0 amide bonds. The fourth-order valence-electron chi connectivity index (χ4n) is 2.15. The highest BCUT2D eigenvalue weighted by molar-refractivity contribution is 7.99. The van der Waals surface area contributed by atoms with E-state index in [1.165, 1.54) is 10.6 Å². The third kappa shape index (κ3) is 3.08. The summed E-state index contributed by atoms with van der Waals surface area (Å²) in [6.07, 6.45) is 1.80. The second-order valence-corrected chi connectivity index (χ2v) is 5.79. The van der Waals surface area contributed by atoms with Gasteiger partial charge in [0.05, 0.1) is 6.20 Å². The lowest BCUT2D eigenvalue weighted by molar-refractivity contribution is 0.313. The average Bonchev–Trinajstić information content (AvgIpc) is 2.94. The number of nitrogens with one attached hydrogen (secondary N) is 1. The van der Waals surface area contributed by atoms with E-state index in [2.05, 4.69) is 56.5 Å². The standard InChI is InChI=1S/C13H17N5S/c1-17-6-8-18(9-7-17)11-2-4-12(5-3-11)19-13-10-14-16-15-13/h2-5,10H,6-9H2,1H3,(H,14,15,16). The Labute approximate surface area is 117 Å².